The Hall–Kier alpha value is -4.47. The molecule has 0 saturated heterocycles. The lowest BCUT2D eigenvalue weighted by atomic mass is 9.64. The molecule has 0 heterocycles. The van der Waals surface area contributed by atoms with Crippen LogP contribution in [0.3, 0.4) is 0 Å². The third kappa shape index (κ3) is 6.82. The molecule has 1 N–H and O–H groups in total. The summed E-state index contributed by atoms with van der Waals surface area (Å²) in [4.78, 5) is 1.63. The standard InChI is InChI=1S/C32H27F5N2O3S.O3S/c1-32(2)23-14-18(38(3)4)8-12-21(23)25(26-27(33)29(35)31(37)30(36)28(26)34)22-13-9-19(15-24(22)32)39(5)16-17-6-10-20(11-7-17)43(40,41)42;1-4(2)3/h6-15H,16H2,1-5H3;/p+1. The van der Waals surface area contributed by atoms with Gasteiger partial charge in [-0.15, -0.1) is 12.6 Å². The number of fused-ring (bicyclic) bond motifs is 2. The fourth-order valence-corrected chi connectivity index (χ4v) is 6.05. The van der Waals surface area contributed by atoms with Crippen LogP contribution in [0.2, 0.25) is 0 Å². The zero-order valence-electron chi connectivity index (χ0n) is 25.6. The van der Waals surface area contributed by atoms with Gasteiger partial charge in [-0.2, -0.15) is 8.42 Å². The van der Waals surface area contributed by atoms with Crippen molar-refractivity contribution in [3.05, 3.63) is 123 Å². The molecule has 0 amide bonds. The van der Waals surface area contributed by atoms with Crippen LogP contribution in [0, 0.1) is 29.1 Å². The van der Waals surface area contributed by atoms with Gasteiger partial charge in [0.15, 0.2) is 29.0 Å². The molecule has 2 aliphatic rings. The van der Waals surface area contributed by atoms with E-state index in [0.29, 0.717) is 34.5 Å². The van der Waals surface area contributed by atoms with Crippen molar-refractivity contribution >= 4 is 37.7 Å². The molecule has 5 rings (SSSR count). The minimum atomic E-state index is -4.34. The molecule has 0 aromatic heterocycles. The Balaban J connectivity index is 0.00000118. The van der Waals surface area contributed by atoms with Crippen molar-refractivity contribution in [1.29, 1.82) is 0 Å². The van der Waals surface area contributed by atoms with Gasteiger partial charge in [-0.05, 0) is 58.2 Å². The molecule has 0 fully saturated rings. The van der Waals surface area contributed by atoms with Gasteiger partial charge in [0.1, 0.15) is 14.1 Å². The highest BCUT2D eigenvalue weighted by Gasteiger charge is 2.41. The molecular formula is C32H28F5N2O6S2+. The molecule has 47 heavy (non-hydrogen) atoms. The van der Waals surface area contributed by atoms with Crippen molar-refractivity contribution in [3.63, 3.8) is 0 Å². The number of rotatable bonds is 5. The summed E-state index contributed by atoms with van der Waals surface area (Å²) in [6.45, 7) is 4.19. The Morgan fingerprint density at radius 1 is 0.851 bits per heavy atom. The normalized spacial score (nSPS) is 14.9. The first-order valence-electron chi connectivity index (χ1n) is 13.7. The average molecular weight is 696 g/mol. The van der Waals surface area contributed by atoms with Crippen LogP contribution in [0.15, 0.2) is 76.7 Å². The zero-order valence-corrected chi connectivity index (χ0v) is 27.2. The van der Waals surface area contributed by atoms with Crippen molar-refractivity contribution in [2.24, 2.45) is 0 Å². The second kappa shape index (κ2) is 13.0. The molecule has 0 aliphatic heterocycles. The van der Waals surface area contributed by atoms with Crippen molar-refractivity contribution in [2.75, 3.05) is 26.0 Å². The smallest absolute Gasteiger partial charge is 0.370 e. The topological polar surface area (TPSA) is 112 Å². The first-order chi connectivity index (χ1) is 21.8. The highest BCUT2D eigenvalue weighted by atomic mass is 32.2. The maximum Gasteiger partial charge on any atom is 0.425 e. The maximum atomic E-state index is 15.3. The number of benzene rings is 3. The molecule has 15 heteroatoms. The highest BCUT2D eigenvalue weighted by Crippen LogP contribution is 2.51. The molecule has 3 aromatic carbocycles. The van der Waals surface area contributed by atoms with Gasteiger partial charge in [0.2, 0.25) is 5.82 Å². The Morgan fingerprint density at radius 3 is 1.89 bits per heavy atom. The van der Waals surface area contributed by atoms with Gasteiger partial charge in [0.25, 0.3) is 10.1 Å². The Morgan fingerprint density at radius 2 is 1.38 bits per heavy atom. The molecule has 8 nitrogen and oxygen atoms in total. The van der Waals surface area contributed by atoms with E-state index in [4.69, 9.17) is 12.6 Å². The molecule has 248 valence electrons. The maximum absolute atomic E-state index is 15.3. The van der Waals surface area contributed by atoms with E-state index in [-0.39, 0.29) is 10.5 Å². The third-order valence-corrected chi connectivity index (χ3v) is 8.82. The molecule has 0 saturated carbocycles. The summed E-state index contributed by atoms with van der Waals surface area (Å²) in [5, 5.41) is 0. The van der Waals surface area contributed by atoms with Gasteiger partial charge < -0.3 is 4.90 Å². The minimum Gasteiger partial charge on any atom is -0.370 e. The highest BCUT2D eigenvalue weighted by molar-refractivity contribution is 7.85. The van der Waals surface area contributed by atoms with Crippen molar-refractivity contribution in [1.82, 2.24) is 0 Å². The largest absolute Gasteiger partial charge is 0.425 e. The number of anilines is 1. The summed E-state index contributed by atoms with van der Waals surface area (Å²) >= 11 is 0. The van der Waals surface area contributed by atoms with Gasteiger partial charge in [0, 0.05) is 42.4 Å². The molecule has 0 unspecified atom stereocenters. The zero-order chi connectivity index (χ0) is 35.2. The van der Waals surface area contributed by atoms with Crippen molar-refractivity contribution < 1.29 is 52.1 Å². The first-order valence-corrected chi connectivity index (χ1v) is 16.1. The minimum absolute atomic E-state index is 0.0996. The van der Waals surface area contributed by atoms with Crippen LogP contribution in [-0.4, -0.2) is 57.0 Å². The van der Waals surface area contributed by atoms with Gasteiger partial charge in [-0.25, -0.2) is 26.5 Å². The SMILES string of the molecule is CN(Cc1ccc(S(=O)(=O)O)cc1)c1ccc2c(c1)C(C)(C)C1=CC(=[N+](C)C)C=CC1=C2c1c(F)c(F)c(F)c(F)c1F.O=S(=O)=O. The number of allylic oxidation sites excluding steroid dienone is 5. The summed E-state index contributed by atoms with van der Waals surface area (Å²) in [6, 6.07) is 10.8. The average Bonchev–Trinajstić information content (AvgIpc) is 3.00. The van der Waals surface area contributed by atoms with Gasteiger partial charge >= 0.3 is 10.6 Å². The lowest BCUT2D eigenvalue weighted by Crippen LogP contribution is -2.31. The van der Waals surface area contributed by atoms with E-state index in [1.54, 1.807) is 43.5 Å². The summed E-state index contributed by atoms with van der Waals surface area (Å²) in [7, 11) is -2.00. The number of nitrogens with zero attached hydrogens (tertiary/aromatic N) is 2. The van der Waals surface area contributed by atoms with Crippen molar-refractivity contribution in [3.8, 4) is 0 Å². The van der Waals surface area contributed by atoms with Crippen LogP contribution in [-0.2, 0) is 32.7 Å². The van der Waals surface area contributed by atoms with Gasteiger partial charge in [-0.1, -0.05) is 32.0 Å². The Bertz CT molecular complexity index is 2120. The lowest BCUT2D eigenvalue weighted by Gasteiger charge is -2.39. The van der Waals surface area contributed by atoms with Crippen molar-refractivity contribution in [2.45, 2.75) is 30.7 Å². The van der Waals surface area contributed by atoms with E-state index in [2.05, 4.69) is 0 Å². The van der Waals surface area contributed by atoms with E-state index < -0.39 is 60.8 Å². The summed E-state index contributed by atoms with van der Waals surface area (Å²) < 4.78 is 133. The monoisotopic (exact) mass is 695 g/mol. The Labute approximate surface area is 269 Å². The first kappa shape index (κ1) is 35.4. The van der Waals surface area contributed by atoms with Crippen LogP contribution in [0.1, 0.15) is 36.1 Å². The van der Waals surface area contributed by atoms with Crippen LogP contribution in [0.5, 0.6) is 0 Å². The van der Waals surface area contributed by atoms with E-state index in [1.165, 1.54) is 12.1 Å². The predicted molar refractivity (Wildman–Crippen MR) is 164 cm³/mol. The number of hydrogen-bond acceptors (Lipinski definition) is 6. The van der Waals surface area contributed by atoms with Crippen LogP contribution < -0.4 is 4.90 Å². The summed E-state index contributed by atoms with van der Waals surface area (Å²) in [5.41, 5.74) is 2.30. The molecule has 0 spiro atoms. The van der Waals surface area contributed by atoms with Crippen LogP contribution in [0.4, 0.5) is 27.6 Å². The van der Waals surface area contributed by atoms with E-state index >= 15 is 8.78 Å². The van der Waals surface area contributed by atoms with Gasteiger partial charge in [0.05, 0.1) is 10.5 Å². The molecule has 3 aromatic rings. The van der Waals surface area contributed by atoms with Crippen LogP contribution >= 0.6 is 0 Å². The number of halogens is 5. The van der Waals surface area contributed by atoms with E-state index in [9.17, 15) is 26.1 Å². The molecule has 0 atom stereocenters. The fourth-order valence-electron chi connectivity index (χ4n) is 5.57. The third-order valence-electron chi connectivity index (χ3n) is 7.95. The Kier molecular flexibility index (Phi) is 9.76. The molecule has 2 aliphatic carbocycles. The van der Waals surface area contributed by atoms with Crippen LogP contribution in [0.25, 0.3) is 5.57 Å². The van der Waals surface area contributed by atoms with E-state index in [0.717, 1.165) is 11.3 Å². The second-order valence-corrected chi connectivity index (χ2v) is 13.3. The summed E-state index contributed by atoms with van der Waals surface area (Å²) in [5.74, 6) is -10.1. The molecular weight excluding hydrogens is 667 g/mol. The molecule has 0 bridgehead atoms. The van der Waals surface area contributed by atoms with E-state index in [1.807, 2.05) is 49.6 Å². The molecule has 0 radical (unpaired) electrons. The lowest BCUT2D eigenvalue weighted by molar-refractivity contribution is -0.462. The quantitative estimate of drug-likeness (QED) is 0.122. The number of hydrogen-bond donors (Lipinski definition) is 1. The predicted octanol–water partition coefficient (Wildman–Crippen LogP) is 5.56. The van der Waals surface area contributed by atoms with Gasteiger partial charge in [-0.3, -0.25) is 4.55 Å². The summed E-state index contributed by atoms with van der Waals surface area (Å²) in [6.07, 6.45) is 5.21. The fraction of sp³-hybridized carbons (Fsp3) is 0.219. The second-order valence-electron chi connectivity index (χ2n) is 11.5.